The van der Waals surface area contributed by atoms with E-state index in [2.05, 4.69) is 27.8 Å². The number of nitrogens with one attached hydrogen (secondary N) is 3. The molecule has 0 heterocycles. The van der Waals surface area contributed by atoms with Gasteiger partial charge in [0.15, 0.2) is 0 Å². The summed E-state index contributed by atoms with van der Waals surface area (Å²) in [5.74, 6) is 6.40. The van der Waals surface area contributed by atoms with Crippen molar-refractivity contribution in [2.75, 3.05) is 59.4 Å². The van der Waals surface area contributed by atoms with Gasteiger partial charge in [0.1, 0.15) is 24.4 Å². The van der Waals surface area contributed by atoms with E-state index in [1.165, 1.54) is 10.8 Å². The van der Waals surface area contributed by atoms with Crippen LogP contribution in [0.4, 0.5) is 0 Å². The molecule has 0 bridgehead atoms. The number of amides is 2. The number of likely N-dealkylation sites (N-methyl/N-ethyl adjacent to an activating group) is 1. The van der Waals surface area contributed by atoms with Crippen molar-refractivity contribution in [2.24, 2.45) is 5.92 Å². The highest BCUT2D eigenvalue weighted by molar-refractivity contribution is 8.76. The van der Waals surface area contributed by atoms with Gasteiger partial charge in [0, 0.05) is 24.6 Å². The molecule has 1 atom stereocenters. The summed E-state index contributed by atoms with van der Waals surface area (Å²) in [4.78, 5) is 23.9. The van der Waals surface area contributed by atoms with Gasteiger partial charge in [-0.1, -0.05) is 53.3 Å². The number of benzene rings is 1. The average Bonchev–Trinajstić information content (AvgIpc) is 2.80. The van der Waals surface area contributed by atoms with Crippen LogP contribution in [0.1, 0.15) is 24.2 Å². The SMILES string of the molecule is CNCCNC(=O)c1cccc(OC[C@H](OCCOCC(=O)NCC#CC(C)C)SSC)c1. The lowest BCUT2D eigenvalue weighted by Gasteiger charge is -2.17. The largest absolute Gasteiger partial charge is 0.490 e. The van der Waals surface area contributed by atoms with Crippen molar-refractivity contribution < 1.29 is 23.8 Å². The monoisotopic (exact) mass is 497 g/mol. The van der Waals surface area contributed by atoms with Gasteiger partial charge in [-0.25, -0.2) is 0 Å². The van der Waals surface area contributed by atoms with Gasteiger partial charge in [0.25, 0.3) is 5.91 Å². The molecule has 33 heavy (non-hydrogen) atoms. The molecule has 0 aliphatic rings. The molecule has 0 saturated heterocycles. The second kappa shape index (κ2) is 18.5. The highest BCUT2D eigenvalue weighted by Gasteiger charge is 2.12. The highest BCUT2D eigenvalue weighted by Crippen LogP contribution is 2.25. The summed E-state index contributed by atoms with van der Waals surface area (Å²) in [7, 11) is 4.94. The fraction of sp³-hybridized carbons (Fsp3) is 0.565. The predicted octanol–water partition coefficient (Wildman–Crippen LogP) is 2.16. The van der Waals surface area contributed by atoms with Gasteiger partial charge in [-0.15, -0.1) is 0 Å². The molecule has 184 valence electrons. The van der Waals surface area contributed by atoms with E-state index in [1.54, 1.807) is 35.1 Å². The first-order valence-electron chi connectivity index (χ1n) is 10.8. The maximum Gasteiger partial charge on any atom is 0.251 e. The highest BCUT2D eigenvalue weighted by atomic mass is 33.1. The van der Waals surface area contributed by atoms with Crippen LogP contribution < -0.4 is 20.7 Å². The van der Waals surface area contributed by atoms with Crippen molar-refractivity contribution in [1.29, 1.82) is 0 Å². The van der Waals surface area contributed by atoms with Crippen LogP contribution in [-0.2, 0) is 14.3 Å². The molecular formula is C23H35N3O5S2. The molecule has 3 N–H and O–H groups in total. The number of carbonyl (C=O) groups is 2. The fourth-order valence-electron chi connectivity index (χ4n) is 2.36. The minimum Gasteiger partial charge on any atom is -0.490 e. The van der Waals surface area contributed by atoms with Crippen LogP contribution in [0.2, 0.25) is 0 Å². The van der Waals surface area contributed by atoms with E-state index in [9.17, 15) is 9.59 Å². The van der Waals surface area contributed by atoms with Gasteiger partial charge in [-0.05, 0) is 31.5 Å². The van der Waals surface area contributed by atoms with Crippen molar-refractivity contribution in [3.05, 3.63) is 29.8 Å². The maximum absolute atomic E-state index is 12.2. The van der Waals surface area contributed by atoms with Crippen LogP contribution in [0.3, 0.4) is 0 Å². The zero-order valence-corrected chi connectivity index (χ0v) is 21.4. The molecule has 1 rings (SSSR count). The van der Waals surface area contributed by atoms with Gasteiger partial charge < -0.3 is 30.2 Å². The lowest BCUT2D eigenvalue weighted by atomic mass is 10.2. The summed E-state index contributed by atoms with van der Waals surface area (Å²) in [6.07, 6.45) is 1.96. The topological polar surface area (TPSA) is 97.9 Å². The zero-order valence-electron chi connectivity index (χ0n) is 19.8. The summed E-state index contributed by atoms with van der Waals surface area (Å²) in [6, 6.07) is 7.05. The molecule has 1 aromatic carbocycles. The number of hydrogen-bond donors (Lipinski definition) is 3. The summed E-state index contributed by atoms with van der Waals surface area (Å²) in [5, 5.41) is 8.51. The van der Waals surface area contributed by atoms with Gasteiger partial charge in [0.2, 0.25) is 5.91 Å². The lowest BCUT2D eigenvalue weighted by Crippen LogP contribution is -2.30. The summed E-state index contributed by atoms with van der Waals surface area (Å²) in [6.45, 7) is 6.46. The van der Waals surface area contributed by atoms with Gasteiger partial charge in [-0.2, -0.15) is 0 Å². The first-order valence-corrected chi connectivity index (χ1v) is 13.4. The van der Waals surface area contributed by atoms with Crippen LogP contribution in [0, 0.1) is 17.8 Å². The average molecular weight is 498 g/mol. The quantitative estimate of drug-likeness (QED) is 0.138. The Hall–Kier alpha value is -1.90. The summed E-state index contributed by atoms with van der Waals surface area (Å²) < 4.78 is 17.0. The standard InChI is InChI=1S/C23H35N3O5S2/c1-18(2)7-6-10-25-21(27)16-29-13-14-30-22(33-32-4)17-31-20-9-5-8-19(15-20)23(28)26-12-11-24-3/h5,8-9,15,18,22,24H,10-14,16-17H2,1-4H3,(H,25,27)(H,26,28)/t22-/m1/s1. The normalized spacial score (nSPS) is 11.4. The van der Waals surface area contributed by atoms with Crippen molar-refractivity contribution in [2.45, 2.75) is 19.3 Å². The minimum absolute atomic E-state index is 0.0350. The molecule has 0 unspecified atom stereocenters. The summed E-state index contributed by atoms with van der Waals surface area (Å²) in [5.41, 5.74) is 0.317. The van der Waals surface area contributed by atoms with E-state index in [-0.39, 0.29) is 29.8 Å². The van der Waals surface area contributed by atoms with Crippen molar-refractivity contribution in [1.82, 2.24) is 16.0 Å². The van der Waals surface area contributed by atoms with E-state index in [0.29, 0.717) is 50.8 Å². The third-order valence-corrected chi connectivity index (χ3v) is 5.78. The molecule has 1 aromatic rings. The van der Waals surface area contributed by atoms with Crippen LogP contribution in [0.5, 0.6) is 5.75 Å². The Morgan fingerprint density at radius 3 is 2.70 bits per heavy atom. The molecular weight excluding hydrogens is 462 g/mol. The summed E-state index contributed by atoms with van der Waals surface area (Å²) >= 11 is 0. The van der Waals surface area contributed by atoms with Gasteiger partial charge in [-0.3, -0.25) is 9.59 Å². The van der Waals surface area contributed by atoms with E-state index in [0.717, 1.165) is 0 Å². The first-order chi connectivity index (χ1) is 16.0. The molecule has 2 amide bonds. The second-order valence-corrected chi connectivity index (χ2v) is 9.70. The molecule has 0 fully saturated rings. The fourth-order valence-corrected chi connectivity index (χ4v) is 3.83. The number of rotatable bonds is 16. The lowest BCUT2D eigenvalue weighted by molar-refractivity contribution is -0.126. The van der Waals surface area contributed by atoms with E-state index in [4.69, 9.17) is 14.2 Å². The Bertz CT molecular complexity index is 768. The van der Waals surface area contributed by atoms with Crippen LogP contribution in [-0.4, -0.2) is 76.6 Å². The maximum atomic E-state index is 12.2. The van der Waals surface area contributed by atoms with E-state index < -0.39 is 0 Å². The van der Waals surface area contributed by atoms with Crippen molar-refractivity contribution in [3.63, 3.8) is 0 Å². The number of carbonyl (C=O) groups excluding carboxylic acids is 2. The van der Waals surface area contributed by atoms with Crippen LogP contribution in [0.25, 0.3) is 0 Å². The number of ether oxygens (including phenoxy) is 3. The van der Waals surface area contributed by atoms with Crippen molar-refractivity contribution >= 4 is 33.4 Å². The first kappa shape index (κ1) is 29.1. The minimum atomic E-state index is -0.225. The van der Waals surface area contributed by atoms with Gasteiger partial charge >= 0.3 is 0 Å². The predicted molar refractivity (Wildman–Crippen MR) is 135 cm³/mol. The zero-order chi connectivity index (χ0) is 24.3. The molecule has 0 aromatic heterocycles. The Morgan fingerprint density at radius 1 is 1.15 bits per heavy atom. The van der Waals surface area contributed by atoms with E-state index >= 15 is 0 Å². The smallest absolute Gasteiger partial charge is 0.251 e. The number of hydrogen-bond acceptors (Lipinski definition) is 8. The Kier molecular flexibility index (Phi) is 16.3. The molecule has 0 spiro atoms. The van der Waals surface area contributed by atoms with Crippen LogP contribution in [0.15, 0.2) is 24.3 Å². The molecule has 0 aliphatic heterocycles. The van der Waals surface area contributed by atoms with E-state index in [1.807, 2.05) is 27.2 Å². The molecule has 0 aliphatic carbocycles. The Morgan fingerprint density at radius 2 is 1.97 bits per heavy atom. The molecule has 10 heteroatoms. The molecule has 0 radical (unpaired) electrons. The third-order valence-electron chi connectivity index (χ3n) is 3.88. The third kappa shape index (κ3) is 14.8. The van der Waals surface area contributed by atoms with Gasteiger partial charge in [0.05, 0.1) is 19.8 Å². The molecule has 0 saturated carbocycles. The Balaban J connectivity index is 2.33. The second-order valence-electron chi connectivity index (χ2n) is 7.07. The molecule has 8 nitrogen and oxygen atoms in total. The Labute approximate surface area is 205 Å². The van der Waals surface area contributed by atoms with Crippen molar-refractivity contribution in [3.8, 4) is 17.6 Å². The van der Waals surface area contributed by atoms with Crippen LogP contribution >= 0.6 is 21.6 Å².